The molecule has 2 aromatic carbocycles. The minimum Gasteiger partial charge on any atom is -0.503 e. The highest BCUT2D eigenvalue weighted by molar-refractivity contribution is 9.10. The van der Waals surface area contributed by atoms with Gasteiger partial charge in [0.2, 0.25) is 0 Å². The van der Waals surface area contributed by atoms with Crippen LogP contribution in [0.15, 0.2) is 40.9 Å². The van der Waals surface area contributed by atoms with Gasteiger partial charge < -0.3 is 14.6 Å². The summed E-state index contributed by atoms with van der Waals surface area (Å²) in [5.41, 5.74) is 0.873. The number of carbonyl (C=O) groups is 1. The molecule has 0 aliphatic heterocycles. The Labute approximate surface area is 147 Å². The Morgan fingerprint density at radius 3 is 2.67 bits per heavy atom. The fourth-order valence-corrected chi connectivity index (χ4v) is 2.50. The molecular weight excluding hydrogens is 379 g/mol. The van der Waals surface area contributed by atoms with Gasteiger partial charge in [0.15, 0.2) is 28.8 Å². The lowest BCUT2D eigenvalue weighted by Crippen LogP contribution is -1.97. The third kappa shape index (κ3) is 4.14. The van der Waals surface area contributed by atoms with E-state index in [9.17, 15) is 14.3 Å². The fraction of sp³-hybridized carbons (Fsp3) is 0.167. The topological polar surface area (TPSA) is 55.8 Å². The molecular formula is C18H16BrFO4. The maximum absolute atomic E-state index is 13.7. The average Bonchev–Trinajstić information content (AvgIpc) is 2.57. The van der Waals surface area contributed by atoms with Crippen LogP contribution < -0.4 is 9.47 Å². The van der Waals surface area contributed by atoms with E-state index in [1.54, 1.807) is 25.1 Å². The average molecular weight is 395 g/mol. The Kier molecular flexibility index (Phi) is 5.98. The molecule has 1 N–H and O–H groups in total. The number of ether oxygens (including phenoxy) is 2. The lowest BCUT2D eigenvalue weighted by molar-refractivity contribution is 0.104. The number of benzene rings is 2. The zero-order chi connectivity index (χ0) is 17.7. The summed E-state index contributed by atoms with van der Waals surface area (Å²) < 4.78 is 24.3. The van der Waals surface area contributed by atoms with Crippen LogP contribution in [0.1, 0.15) is 22.8 Å². The summed E-state index contributed by atoms with van der Waals surface area (Å²) in [7, 11) is 1.36. The maximum Gasteiger partial charge on any atom is 0.185 e. The largest absolute Gasteiger partial charge is 0.503 e. The van der Waals surface area contributed by atoms with Gasteiger partial charge in [-0.1, -0.05) is 6.08 Å². The van der Waals surface area contributed by atoms with Gasteiger partial charge in [0.25, 0.3) is 0 Å². The first-order valence-electron chi connectivity index (χ1n) is 7.17. The van der Waals surface area contributed by atoms with Crippen LogP contribution in [0.4, 0.5) is 4.39 Å². The first kappa shape index (κ1) is 18.0. The summed E-state index contributed by atoms with van der Waals surface area (Å²) in [6.07, 6.45) is 2.90. The van der Waals surface area contributed by atoms with E-state index in [1.165, 1.54) is 25.3 Å². The summed E-state index contributed by atoms with van der Waals surface area (Å²) in [5.74, 6) is -0.548. The van der Waals surface area contributed by atoms with E-state index in [0.717, 1.165) is 6.07 Å². The lowest BCUT2D eigenvalue weighted by Gasteiger charge is -2.08. The van der Waals surface area contributed by atoms with Crippen molar-refractivity contribution in [1.82, 2.24) is 0 Å². The number of carbonyl (C=O) groups excluding carboxylic acids is 1. The Balaban J connectivity index is 2.24. The predicted molar refractivity (Wildman–Crippen MR) is 93.3 cm³/mol. The van der Waals surface area contributed by atoms with Crippen molar-refractivity contribution in [3.63, 3.8) is 0 Å². The van der Waals surface area contributed by atoms with Gasteiger partial charge in [-0.3, -0.25) is 4.79 Å². The van der Waals surface area contributed by atoms with E-state index in [2.05, 4.69) is 15.9 Å². The molecule has 6 heteroatoms. The van der Waals surface area contributed by atoms with Crippen molar-refractivity contribution in [2.24, 2.45) is 0 Å². The Hall–Kier alpha value is -2.34. The number of ketones is 1. The molecule has 0 amide bonds. The number of methoxy groups -OCH3 is 1. The number of phenolic OH excluding ortho intramolecular Hbond substituents is 1. The molecule has 24 heavy (non-hydrogen) atoms. The monoisotopic (exact) mass is 394 g/mol. The van der Waals surface area contributed by atoms with Crippen molar-refractivity contribution in [2.75, 3.05) is 13.7 Å². The van der Waals surface area contributed by atoms with Crippen molar-refractivity contribution in [3.05, 3.63) is 57.8 Å². The number of hydrogen-bond acceptors (Lipinski definition) is 4. The SMILES string of the molecule is CCOc1cc(/C=C/C(=O)c2ccc(OC)c(F)c2)cc(Br)c1O. The normalized spacial score (nSPS) is 10.8. The van der Waals surface area contributed by atoms with Gasteiger partial charge in [0.05, 0.1) is 18.2 Å². The zero-order valence-electron chi connectivity index (χ0n) is 13.2. The number of hydrogen-bond donors (Lipinski definition) is 1. The van der Waals surface area contributed by atoms with Crippen LogP contribution >= 0.6 is 15.9 Å². The molecule has 0 aromatic heterocycles. The van der Waals surface area contributed by atoms with Crippen LogP contribution in [0, 0.1) is 5.82 Å². The molecule has 0 unspecified atom stereocenters. The summed E-state index contributed by atoms with van der Waals surface area (Å²) in [6, 6.07) is 7.29. The Bertz CT molecular complexity index is 787. The predicted octanol–water partition coefficient (Wildman–Crippen LogP) is 4.60. The van der Waals surface area contributed by atoms with Crippen molar-refractivity contribution >= 4 is 27.8 Å². The molecule has 4 nitrogen and oxygen atoms in total. The van der Waals surface area contributed by atoms with E-state index < -0.39 is 5.82 Å². The van der Waals surface area contributed by atoms with Crippen LogP contribution in [-0.4, -0.2) is 24.6 Å². The van der Waals surface area contributed by atoms with Crippen molar-refractivity contribution in [2.45, 2.75) is 6.92 Å². The first-order valence-corrected chi connectivity index (χ1v) is 7.96. The molecule has 2 rings (SSSR count). The summed E-state index contributed by atoms with van der Waals surface area (Å²) in [4.78, 5) is 12.1. The van der Waals surface area contributed by atoms with Gasteiger partial charge in [0.1, 0.15) is 0 Å². The van der Waals surface area contributed by atoms with Gasteiger partial charge in [-0.25, -0.2) is 4.39 Å². The molecule has 126 valence electrons. The quantitative estimate of drug-likeness (QED) is 0.574. The van der Waals surface area contributed by atoms with Gasteiger partial charge >= 0.3 is 0 Å². The second kappa shape index (κ2) is 7.97. The second-order valence-corrected chi connectivity index (χ2v) is 5.68. The summed E-state index contributed by atoms with van der Waals surface area (Å²) >= 11 is 3.23. The number of rotatable bonds is 6. The van der Waals surface area contributed by atoms with Crippen molar-refractivity contribution < 1.29 is 23.8 Å². The molecule has 0 radical (unpaired) electrons. The van der Waals surface area contributed by atoms with Crippen molar-refractivity contribution in [3.8, 4) is 17.2 Å². The van der Waals surface area contributed by atoms with E-state index >= 15 is 0 Å². The number of allylic oxidation sites excluding steroid dienone is 1. The minimum atomic E-state index is -0.595. The van der Waals surface area contributed by atoms with E-state index in [4.69, 9.17) is 9.47 Å². The summed E-state index contributed by atoms with van der Waals surface area (Å²) in [6.45, 7) is 2.20. The molecule has 0 bridgehead atoms. The molecule has 0 atom stereocenters. The first-order chi connectivity index (χ1) is 11.5. The van der Waals surface area contributed by atoms with Gasteiger partial charge in [-0.2, -0.15) is 0 Å². The molecule has 0 saturated heterocycles. The number of phenols is 1. The van der Waals surface area contributed by atoms with Crippen LogP contribution in [-0.2, 0) is 0 Å². The van der Waals surface area contributed by atoms with Gasteiger partial charge in [-0.05, 0) is 64.8 Å². The third-order valence-electron chi connectivity index (χ3n) is 3.21. The smallest absolute Gasteiger partial charge is 0.185 e. The van der Waals surface area contributed by atoms with Crippen LogP contribution in [0.5, 0.6) is 17.2 Å². The van der Waals surface area contributed by atoms with E-state index in [-0.39, 0.29) is 22.8 Å². The Morgan fingerprint density at radius 2 is 2.04 bits per heavy atom. The number of aromatic hydroxyl groups is 1. The van der Waals surface area contributed by atoms with Gasteiger partial charge in [0, 0.05) is 5.56 Å². The highest BCUT2D eigenvalue weighted by Crippen LogP contribution is 2.35. The van der Waals surface area contributed by atoms with Crippen LogP contribution in [0.2, 0.25) is 0 Å². The van der Waals surface area contributed by atoms with E-state index in [0.29, 0.717) is 22.4 Å². The van der Waals surface area contributed by atoms with E-state index in [1.807, 2.05) is 0 Å². The lowest BCUT2D eigenvalue weighted by atomic mass is 10.1. The molecule has 0 saturated carbocycles. The number of halogens is 2. The molecule has 0 aliphatic carbocycles. The molecule has 0 aliphatic rings. The van der Waals surface area contributed by atoms with Crippen LogP contribution in [0.3, 0.4) is 0 Å². The maximum atomic E-state index is 13.7. The molecule has 0 spiro atoms. The second-order valence-electron chi connectivity index (χ2n) is 4.83. The van der Waals surface area contributed by atoms with Crippen LogP contribution in [0.25, 0.3) is 6.08 Å². The molecule has 2 aromatic rings. The highest BCUT2D eigenvalue weighted by atomic mass is 79.9. The Morgan fingerprint density at radius 1 is 1.29 bits per heavy atom. The third-order valence-corrected chi connectivity index (χ3v) is 3.82. The fourth-order valence-electron chi connectivity index (χ4n) is 2.04. The van der Waals surface area contributed by atoms with Crippen molar-refractivity contribution in [1.29, 1.82) is 0 Å². The highest BCUT2D eigenvalue weighted by Gasteiger charge is 2.10. The van der Waals surface area contributed by atoms with Gasteiger partial charge in [-0.15, -0.1) is 0 Å². The minimum absolute atomic E-state index is 0.00227. The summed E-state index contributed by atoms with van der Waals surface area (Å²) in [5, 5.41) is 9.87. The standard InChI is InChI=1S/C18H16BrFO4/c1-3-24-17-9-11(8-13(19)18(17)22)4-6-15(21)12-5-7-16(23-2)14(20)10-12/h4-10,22H,3H2,1-2H3/b6-4+. The zero-order valence-corrected chi connectivity index (χ0v) is 14.8. The molecule has 0 heterocycles. The molecule has 0 fully saturated rings.